The van der Waals surface area contributed by atoms with E-state index in [9.17, 15) is 5.11 Å². The van der Waals surface area contributed by atoms with Crippen molar-refractivity contribution in [2.75, 3.05) is 13.2 Å². The third kappa shape index (κ3) is 5.75. The molecule has 2 rings (SSSR count). The lowest BCUT2D eigenvalue weighted by Gasteiger charge is -2.18. The molecule has 124 valence electrons. The molecular formula is C19H26N2O2. The molecule has 4 heteroatoms. The van der Waals surface area contributed by atoms with E-state index in [-0.39, 0.29) is 12.1 Å². The first-order chi connectivity index (χ1) is 11.1. The van der Waals surface area contributed by atoms with Crippen molar-refractivity contribution >= 4 is 0 Å². The molecule has 0 bridgehead atoms. The van der Waals surface area contributed by atoms with Crippen LogP contribution in [0.3, 0.4) is 0 Å². The number of hydrogen-bond donors (Lipinski definition) is 2. The van der Waals surface area contributed by atoms with Gasteiger partial charge in [0.15, 0.2) is 0 Å². The van der Waals surface area contributed by atoms with Gasteiger partial charge in [-0.05, 0) is 43.5 Å². The third-order valence-corrected chi connectivity index (χ3v) is 3.69. The zero-order chi connectivity index (χ0) is 16.7. The maximum Gasteiger partial charge on any atom is 0.0898 e. The number of ether oxygens (including phenoxy) is 1. The van der Waals surface area contributed by atoms with Crippen molar-refractivity contribution in [1.82, 2.24) is 10.3 Å². The van der Waals surface area contributed by atoms with Crippen LogP contribution in [0.1, 0.15) is 32.4 Å². The molecule has 0 aliphatic carbocycles. The minimum absolute atomic E-state index is 0.141. The molecule has 2 unspecified atom stereocenters. The van der Waals surface area contributed by atoms with E-state index in [0.29, 0.717) is 13.2 Å². The summed E-state index contributed by atoms with van der Waals surface area (Å²) in [6, 6.07) is 12.6. The Bertz CT molecular complexity index is 570. The van der Waals surface area contributed by atoms with Crippen LogP contribution in [0, 0.1) is 0 Å². The van der Waals surface area contributed by atoms with Gasteiger partial charge in [0.25, 0.3) is 0 Å². The molecule has 1 heterocycles. The lowest BCUT2D eigenvalue weighted by molar-refractivity contribution is 0.00560. The van der Waals surface area contributed by atoms with Crippen LogP contribution < -0.4 is 5.32 Å². The molecule has 0 saturated heterocycles. The number of hydrogen-bond acceptors (Lipinski definition) is 4. The molecule has 0 aliphatic rings. The number of aliphatic hydroxyl groups excluding tert-OH is 1. The first kappa shape index (κ1) is 17.6. The standard InChI is InChI=1S/C19H26N2O2/c1-14(2)23-13-19(22)12-21-15(3)16-6-8-17(9-7-16)18-5-4-10-20-11-18/h4-11,14-15,19,21-22H,12-13H2,1-3H3. The quantitative estimate of drug-likeness (QED) is 0.786. The van der Waals surface area contributed by atoms with E-state index < -0.39 is 6.10 Å². The molecule has 4 nitrogen and oxygen atoms in total. The molecule has 0 amide bonds. The highest BCUT2D eigenvalue weighted by Crippen LogP contribution is 2.21. The lowest BCUT2D eigenvalue weighted by atomic mass is 10.0. The van der Waals surface area contributed by atoms with Crippen molar-refractivity contribution in [3.05, 3.63) is 54.4 Å². The molecule has 1 aromatic heterocycles. The predicted molar refractivity (Wildman–Crippen MR) is 93.2 cm³/mol. The van der Waals surface area contributed by atoms with Crippen LogP contribution in [0.15, 0.2) is 48.8 Å². The summed E-state index contributed by atoms with van der Waals surface area (Å²) in [7, 11) is 0. The van der Waals surface area contributed by atoms with E-state index in [1.807, 2.05) is 26.1 Å². The Morgan fingerprint density at radius 2 is 1.83 bits per heavy atom. The smallest absolute Gasteiger partial charge is 0.0898 e. The van der Waals surface area contributed by atoms with Crippen LogP contribution >= 0.6 is 0 Å². The molecular weight excluding hydrogens is 288 g/mol. The average Bonchev–Trinajstić information content (AvgIpc) is 2.58. The first-order valence-electron chi connectivity index (χ1n) is 8.09. The summed E-state index contributed by atoms with van der Waals surface area (Å²) in [6.45, 7) is 6.89. The predicted octanol–water partition coefficient (Wildman–Crippen LogP) is 3.19. The lowest BCUT2D eigenvalue weighted by Crippen LogP contribution is -2.32. The molecule has 0 fully saturated rings. The SMILES string of the molecule is CC(C)OCC(O)CNC(C)c1ccc(-c2cccnc2)cc1. The average molecular weight is 314 g/mol. The number of nitrogens with zero attached hydrogens (tertiary/aromatic N) is 1. The van der Waals surface area contributed by atoms with Crippen LogP contribution in [0.5, 0.6) is 0 Å². The maximum absolute atomic E-state index is 9.89. The largest absolute Gasteiger partial charge is 0.389 e. The van der Waals surface area contributed by atoms with E-state index >= 15 is 0 Å². The molecule has 1 aromatic carbocycles. The monoisotopic (exact) mass is 314 g/mol. The minimum Gasteiger partial charge on any atom is -0.389 e. The second kappa shape index (κ2) is 8.77. The summed E-state index contributed by atoms with van der Waals surface area (Å²) in [4.78, 5) is 4.15. The second-order valence-electron chi connectivity index (χ2n) is 6.03. The Morgan fingerprint density at radius 3 is 2.43 bits per heavy atom. The number of pyridine rings is 1. The number of aromatic nitrogens is 1. The van der Waals surface area contributed by atoms with Crippen molar-refractivity contribution in [3.8, 4) is 11.1 Å². The van der Waals surface area contributed by atoms with Gasteiger partial charge in [-0.2, -0.15) is 0 Å². The van der Waals surface area contributed by atoms with Gasteiger partial charge in [-0.1, -0.05) is 30.3 Å². The number of rotatable bonds is 8. The van der Waals surface area contributed by atoms with Crippen LogP contribution in [0.2, 0.25) is 0 Å². The summed E-state index contributed by atoms with van der Waals surface area (Å²) >= 11 is 0. The van der Waals surface area contributed by atoms with Crippen LogP contribution in [0.25, 0.3) is 11.1 Å². The Morgan fingerprint density at radius 1 is 1.09 bits per heavy atom. The third-order valence-electron chi connectivity index (χ3n) is 3.69. The summed E-state index contributed by atoms with van der Waals surface area (Å²) in [6.07, 6.45) is 3.29. The fourth-order valence-corrected chi connectivity index (χ4v) is 2.29. The van der Waals surface area contributed by atoms with Crippen molar-refractivity contribution < 1.29 is 9.84 Å². The zero-order valence-corrected chi connectivity index (χ0v) is 14.1. The summed E-state index contributed by atoms with van der Waals surface area (Å²) in [5.41, 5.74) is 3.45. The van der Waals surface area contributed by atoms with Crippen molar-refractivity contribution in [1.29, 1.82) is 0 Å². The molecule has 23 heavy (non-hydrogen) atoms. The number of nitrogens with one attached hydrogen (secondary N) is 1. The molecule has 0 aliphatic heterocycles. The van der Waals surface area contributed by atoms with Crippen molar-refractivity contribution in [2.45, 2.75) is 39.0 Å². The maximum atomic E-state index is 9.89. The van der Waals surface area contributed by atoms with E-state index in [0.717, 1.165) is 11.1 Å². The van der Waals surface area contributed by atoms with Gasteiger partial charge in [-0.15, -0.1) is 0 Å². The van der Waals surface area contributed by atoms with Crippen molar-refractivity contribution in [2.24, 2.45) is 0 Å². The Balaban J connectivity index is 1.87. The molecule has 2 N–H and O–H groups in total. The topological polar surface area (TPSA) is 54.4 Å². The van der Waals surface area contributed by atoms with Gasteiger partial charge < -0.3 is 15.2 Å². The Labute approximate surface area is 138 Å². The van der Waals surface area contributed by atoms with E-state index in [4.69, 9.17) is 4.74 Å². The molecule has 2 aromatic rings. The van der Waals surface area contributed by atoms with E-state index in [1.54, 1.807) is 6.20 Å². The van der Waals surface area contributed by atoms with Gasteiger partial charge in [0, 0.05) is 25.0 Å². The van der Waals surface area contributed by atoms with E-state index in [2.05, 4.69) is 47.6 Å². The Hall–Kier alpha value is -1.75. The molecule has 0 spiro atoms. The van der Waals surface area contributed by atoms with Gasteiger partial charge in [-0.25, -0.2) is 0 Å². The van der Waals surface area contributed by atoms with Crippen LogP contribution in [0.4, 0.5) is 0 Å². The molecule has 0 saturated carbocycles. The Kier molecular flexibility index (Phi) is 6.71. The number of aliphatic hydroxyl groups is 1. The summed E-state index contributed by atoms with van der Waals surface area (Å²) < 4.78 is 5.41. The normalized spacial score (nSPS) is 14.0. The second-order valence-corrected chi connectivity index (χ2v) is 6.03. The van der Waals surface area contributed by atoms with Gasteiger partial charge in [0.05, 0.1) is 18.8 Å². The molecule has 2 atom stereocenters. The van der Waals surface area contributed by atoms with Gasteiger partial charge in [-0.3, -0.25) is 4.98 Å². The van der Waals surface area contributed by atoms with E-state index in [1.165, 1.54) is 5.56 Å². The fraction of sp³-hybridized carbons (Fsp3) is 0.421. The summed E-state index contributed by atoms with van der Waals surface area (Å²) in [5, 5.41) is 13.2. The van der Waals surface area contributed by atoms with Crippen molar-refractivity contribution in [3.63, 3.8) is 0 Å². The zero-order valence-electron chi connectivity index (χ0n) is 14.1. The van der Waals surface area contributed by atoms with Crippen LogP contribution in [-0.2, 0) is 4.74 Å². The van der Waals surface area contributed by atoms with Crippen LogP contribution in [-0.4, -0.2) is 35.5 Å². The minimum atomic E-state index is -0.491. The number of benzene rings is 1. The summed E-state index contributed by atoms with van der Waals surface area (Å²) in [5.74, 6) is 0. The highest BCUT2D eigenvalue weighted by molar-refractivity contribution is 5.62. The van der Waals surface area contributed by atoms with Gasteiger partial charge in [0.2, 0.25) is 0 Å². The first-order valence-corrected chi connectivity index (χ1v) is 8.09. The highest BCUT2D eigenvalue weighted by Gasteiger charge is 2.10. The fourth-order valence-electron chi connectivity index (χ4n) is 2.29. The van der Waals surface area contributed by atoms with Gasteiger partial charge in [0.1, 0.15) is 0 Å². The molecule has 0 radical (unpaired) electrons. The highest BCUT2D eigenvalue weighted by atomic mass is 16.5. The van der Waals surface area contributed by atoms with Gasteiger partial charge >= 0.3 is 0 Å².